The second-order valence-corrected chi connectivity index (χ2v) is 7.65. The van der Waals surface area contributed by atoms with Crippen molar-refractivity contribution >= 4 is 32.6 Å². The predicted octanol–water partition coefficient (Wildman–Crippen LogP) is 5.55. The second kappa shape index (κ2) is 8.97. The van der Waals surface area contributed by atoms with Gasteiger partial charge < -0.3 is 9.47 Å². The molecule has 0 aliphatic carbocycles. The zero-order chi connectivity index (χ0) is 20.9. The number of benzene rings is 3. The van der Waals surface area contributed by atoms with Crippen LogP contribution in [0.1, 0.15) is 22.8 Å². The van der Waals surface area contributed by atoms with Gasteiger partial charge in [0.15, 0.2) is 5.13 Å². The van der Waals surface area contributed by atoms with Crippen LogP contribution < -0.4 is 14.4 Å². The molecule has 152 valence electrons. The van der Waals surface area contributed by atoms with Gasteiger partial charge in [0.25, 0.3) is 5.91 Å². The molecule has 5 nitrogen and oxygen atoms in total. The molecule has 3 aromatic carbocycles. The highest BCUT2D eigenvalue weighted by Crippen LogP contribution is 2.35. The van der Waals surface area contributed by atoms with Gasteiger partial charge in [0.05, 0.1) is 25.0 Å². The second-order valence-electron chi connectivity index (χ2n) is 6.64. The number of nitrogens with zero attached hydrogens (tertiary/aromatic N) is 2. The monoisotopic (exact) mass is 418 g/mol. The molecule has 0 saturated heterocycles. The molecule has 0 aliphatic rings. The number of thiazole rings is 1. The first-order valence-corrected chi connectivity index (χ1v) is 10.5. The summed E-state index contributed by atoms with van der Waals surface area (Å²) in [5.74, 6) is 1.24. The van der Waals surface area contributed by atoms with E-state index in [0.717, 1.165) is 21.5 Å². The van der Waals surface area contributed by atoms with Gasteiger partial charge in [-0.15, -0.1) is 0 Å². The van der Waals surface area contributed by atoms with Gasteiger partial charge in [-0.25, -0.2) is 4.98 Å². The third-order valence-electron chi connectivity index (χ3n) is 4.65. The molecule has 1 aromatic heterocycles. The smallest absolute Gasteiger partial charge is 0.260 e. The van der Waals surface area contributed by atoms with Crippen LogP contribution in [0.5, 0.6) is 11.5 Å². The first kappa shape index (κ1) is 19.9. The number of hydrogen-bond acceptors (Lipinski definition) is 5. The summed E-state index contributed by atoms with van der Waals surface area (Å²) in [4.78, 5) is 20.0. The third-order valence-corrected chi connectivity index (χ3v) is 5.69. The van der Waals surface area contributed by atoms with E-state index in [0.29, 0.717) is 29.6 Å². The van der Waals surface area contributed by atoms with Gasteiger partial charge in [-0.3, -0.25) is 9.69 Å². The van der Waals surface area contributed by atoms with Crippen molar-refractivity contribution < 1.29 is 14.3 Å². The Balaban J connectivity index is 1.78. The normalized spacial score (nSPS) is 10.7. The molecule has 0 unspecified atom stereocenters. The molecule has 30 heavy (non-hydrogen) atoms. The number of para-hydroxylation sites is 1. The molecular weight excluding hydrogens is 396 g/mol. The lowest BCUT2D eigenvalue weighted by molar-refractivity contribution is 0.0984. The van der Waals surface area contributed by atoms with E-state index >= 15 is 0 Å². The summed E-state index contributed by atoms with van der Waals surface area (Å²) in [7, 11) is 1.59. The first-order chi connectivity index (χ1) is 14.7. The third kappa shape index (κ3) is 4.14. The lowest BCUT2D eigenvalue weighted by atomic mass is 10.1. The van der Waals surface area contributed by atoms with E-state index in [4.69, 9.17) is 14.5 Å². The molecule has 0 N–H and O–H groups in total. The lowest BCUT2D eigenvalue weighted by Crippen LogP contribution is -2.30. The molecule has 6 heteroatoms. The maximum Gasteiger partial charge on any atom is 0.260 e. The molecule has 4 rings (SSSR count). The van der Waals surface area contributed by atoms with Crippen molar-refractivity contribution in [2.24, 2.45) is 0 Å². The SMILES string of the molecule is CCOc1cccc2sc(N(Cc3ccccc3)C(=O)c3cccc(OC)c3)nc12. The Morgan fingerprint density at radius 3 is 2.60 bits per heavy atom. The summed E-state index contributed by atoms with van der Waals surface area (Å²) in [5, 5.41) is 0.633. The minimum atomic E-state index is -0.130. The number of rotatable bonds is 7. The standard InChI is InChI=1S/C24H22N2O3S/c1-3-29-20-13-8-14-21-22(20)25-24(30-21)26(16-17-9-5-4-6-10-17)23(27)18-11-7-12-19(15-18)28-2/h4-15H,3,16H2,1-2H3. The number of ether oxygens (including phenoxy) is 2. The molecule has 0 saturated carbocycles. The quantitative estimate of drug-likeness (QED) is 0.395. The van der Waals surface area contributed by atoms with E-state index in [1.165, 1.54) is 11.3 Å². The van der Waals surface area contributed by atoms with Gasteiger partial charge in [0, 0.05) is 5.56 Å². The van der Waals surface area contributed by atoms with Crippen LogP contribution in [0, 0.1) is 0 Å². The van der Waals surface area contributed by atoms with Crippen molar-refractivity contribution in [3.8, 4) is 11.5 Å². The molecule has 0 spiro atoms. The fraction of sp³-hybridized carbons (Fsp3) is 0.167. The Morgan fingerprint density at radius 1 is 1.03 bits per heavy atom. The molecule has 1 heterocycles. The highest BCUT2D eigenvalue weighted by Gasteiger charge is 2.23. The van der Waals surface area contributed by atoms with Crippen LogP contribution in [-0.2, 0) is 6.54 Å². The Kier molecular flexibility index (Phi) is 5.95. The van der Waals surface area contributed by atoms with E-state index in [2.05, 4.69) is 0 Å². The minimum Gasteiger partial charge on any atom is -0.497 e. The Hall–Kier alpha value is -3.38. The van der Waals surface area contributed by atoms with Crippen LogP contribution >= 0.6 is 11.3 Å². The highest BCUT2D eigenvalue weighted by molar-refractivity contribution is 7.22. The summed E-state index contributed by atoms with van der Waals surface area (Å²) < 4.78 is 12.0. The highest BCUT2D eigenvalue weighted by atomic mass is 32.1. The van der Waals surface area contributed by atoms with Crippen LogP contribution in [0.2, 0.25) is 0 Å². The molecule has 0 aliphatic heterocycles. The molecule has 0 fully saturated rings. The molecule has 0 radical (unpaired) electrons. The fourth-order valence-corrected chi connectivity index (χ4v) is 4.18. The topological polar surface area (TPSA) is 51.7 Å². The van der Waals surface area contributed by atoms with Crippen LogP contribution in [0.25, 0.3) is 10.2 Å². The van der Waals surface area contributed by atoms with Crippen LogP contribution in [0.4, 0.5) is 5.13 Å². The van der Waals surface area contributed by atoms with Crippen molar-refractivity contribution in [1.82, 2.24) is 4.98 Å². The van der Waals surface area contributed by atoms with Gasteiger partial charge in [0.2, 0.25) is 0 Å². The zero-order valence-electron chi connectivity index (χ0n) is 16.9. The summed E-state index contributed by atoms with van der Waals surface area (Å²) >= 11 is 1.48. The van der Waals surface area contributed by atoms with Crippen LogP contribution in [0.15, 0.2) is 72.8 Å². The maximum absolute atomic E-state index is 13.5. The molecule has 0 atom stereocenters. The number of hydrogen-bond donors (Lipinski definition) is 0. The Morgan fingerprint density at radius 2 is 1.83 bits per heavy atom. The largest absolute Gasteiger partial charge is 0.497 e. The minimum absolute atomic E-state index is 0.130. The van der Waals surface area contributed by atoms with Crippen molar-refractivity contribution in [3.63, 3.8) is 0 Å². The van der Waals surface area contributed by atoms with Gasteiger partial charge in [-0.05, 0) is 42.8 Å². The summed E-state index contributed by atoms with van der Waals surface area (Å²) in [5.41, 5.74) is 2.35. The van der Waals surface area contributed by atoms with E-state index in [-0.39, 0.29) is 5.91 Å². The van der Waals surface area contributed by atoms with Crippen molar-refractivity contribution in [2.75, 3.05) is 18.6 Å². The predicted molar refractivity (Wildman–Crippen MR) is 121 cm³/mol. The van der Waals surface area contributed by atoms with Gasteiger partial charge >= 0.3 is 0 Å². The number of aromatic nitrogens is 1. The number of carbonyl (C=O) groups is 1. The number of fused-ring (bicyclic) bond motifs is 1. The Bertz CT molecular complexity index is 1160. The Labute approximate surface area is 179 Å². The lowest BCUT2D eigenvalue weighted by Gasteiger charge is -2.20. The number of methoxy groups -OCH3 is 1. The average molecular weight is 419 g/mol. The number of amides is 1. The van der Waals surface area contributed by atoms with E-state index < -0.39 is 0 Å². The number of anilines is 1. The molecule has 4 aromatic rings. The van der Waals surface area contributed by atoms with Crippen molar-refractivity contribution in [2.45, 2.75) is 13.5 Å². The van der Waals surface area contributed by atoms with E-state index in [1.807, 2.05) is 67.6 Å². The number of carbonyl (C=O) groups excluding carboxylic acids is 1. The molecule has 1 amide bonds. The van der Waals surface area contributed by atoms with Crippen molar-refractivity contribution in [3.05, 3.63) is 83.9 Å². The molecular formula is C24H22N2O3S. The zero-order valence-corrected chi connectivity index (χ0v) is 17.7. The van der Waals surface area contributed by atoms with E-state index in [1.54, 1.807) is 24.1 Å². The van der Waals surface area contributed by atoms with E-state index in [9.17, 15) is 4.79 Å². The fourth-order valence-electron chi connectivity index (χ4n) is 3.20. The summed E-state index contributed by atoms with van der Waals surface area (Å²) in [6, 6.07) is 22.9. The van der Waals surface area contributed by atoms with Gasteiger partial charge in [0.1, 0.15) is 17.0 Å². The average Bonchev–Trinajstić information content (AvgIpc) is 3.23. The summed E-state index contributed by atoms with van der Waals surface area (Å²) in [6.07, 6.45) is 0. The van der Waals surface area contributed by atoms with Gasteiger partial charge in [-0.2, -0.15) is 0 Å². The van der Waals surface area contributed by atoms with Crippen LogP contribution in [-0.4, -0.2) is 24.6 Å². The summed E-state index contributed by atoms with van der Waals surface area (Å²) in [6.45, 7) is 2.92. The maximum atomic E-state index is 13.5. The van der Waals surface area contributed by atoms with Crippen LogP contribution in [0.3, 0.4) is 0 Å². The van der Waals surface area contributed by atoms with Gasteiger partial charge in [-0.1, -0.05) is 53.8 Å². The first-order valence-electron chi connectivity index (χ1n) is 9.71. The molecule has 0 bridgehead atoms. The van der Waals surface area contributed by atoms with Crippen molar-refractivity contribution in [1.29, 1.82) is 0 Å².